The molecule has 2 atom stereocenters. The topological polar surface area (TPSA) is 107 Å². The van der Waals surface area contributed by atoms with Crippen molar-refractivity contribution >= 4 is 27.6 Å². The summed E-state index contributed by atoms with van der Waals surface area (Å²) in [6.45, 7) is 3.39. The number of halogens is 1. The van der Waals surface area contributed by atoms with E-state index in [1.54, 1.807) is 19.9 Å². The normalized spacial score (nSPS) is 14.2. The lowest BCUT2D eigenvalue weighted by molar-refractivity contribution is -0.140. The lowest BCUT2D eigenvalue weighted by Gasteiger charge is -2.20. The van der Waals surface area contributed by atoms with Gasteiger partial charge in [0.15, 0.2) is 0 Å². The summed E-state index contributed by atoms with van der Waals surface area (Å²) >= 11 is 5.75. The van der Waals surface area contributed by atoms with Crippen LogP contribution < -0.4 is 4.72 Å². The molecule has 0 amide bonds. The predicted molar refractivity (Wildman–Crippen MR) is 77.4 cm³/mol. The van der Waals surface area contributed by atoms with Gasteiger partial charge in [0, 0.05) is 5.02 Å². The van der Waals surface area contributed by atoms with Crippen LogP contribution in [0.1, 0.15) is 25.8 Å². The molecule has 0 bridgehead atoms. The van der Waals surface area contributed by atoms with E-state index in [2.05, 4.69) is 4.72 Å². The number of nitriles is 1. The third-order valence-electron chi connectivity index (χ3n) is 3.11. The van der Waals surface area contributed by atoms with Crippen molar-refractivity contribution in [3.63, 3.8) is 0 Å². The standard InChI is InChI=1S/C13H15ClN2O4S/c1-3-8(2)12(13(17)18)16-21(19,20)11-6-10(14)5-4-9(11)7-15/h4-6,8,12,16H,3H2,1-2H3,(H,17,18)/t8?,12-/m0/s1. The molecule has 1 aromatic carbocycles. The average Bonchev–Trinajstić information content (AvgIpc) is 2.43. The van der Waals surface area contributed by atoms with E-state index in [0.717, 1.165) is 6.07 Å². The molecule has 2 N–H and O–H groups in total. The van der Waals surface area contributed by atoms with Crippen molar-refractivity contribution in [2.75, 3.05) is 0 Å². The van der Waals surface area contributed by atoms with Crippen molar-refractivity contribution in [3.05, 3.63) is 28.8 Å². The summed E-state index contributed by atoms with van der Waals surface area (Å²) in [6.07, 6.45) is 0.486. The summed E-state index contributed by atoms with van der Waals surface area (Å²) < 4.78 is 26.8. The van der Waals surface area contributed by atoms with Gasteiger partial charge in [0.25, 0.3) is 0 Å². The molecule has 6 nitrogen and oxygen atoms in total. The Morgan fingerprint density at radius 3 is 2.62 bits per heavy atom. The number of aliphatic carboxylic acids is 1. The molecule has 0 fully saturated rings. The summed E-state index contributed by atoms with van der Waals surface area (Å²) in [5.41, 5.74) is -0.0970. The molecule has 0 radical (unpaired) electrons. The smallest absolute Gasteiger partial charge is 0.322 e. The number of carboxylic acids is 1. The van der Waals surface area contributed by atoms with Crippen LogP contribution in [0.3, 0.4) is 0 Å². The highest BCUT2D eigenvalue weighted by atomic mass is 35.5. The molecule has 0 aliphatic carbocycles. The maximum atomic E-state index is 12.3. The number of hydrogen-bond donors (Lipinski definition) is 2. The van der Waals surface area contributed by atoms with Crippen LogP contribution in [0, 0.1) is 17.2 Å². The Morgan fingerprint density at radius 2 is 2.14 bits per heavy atom. The Balaban J connectivity index is 3.26. The number of nitrogens with zero attached hydrogens (tertiary/aromatic N) is 1. The third-order valence-corrected chi connectivity index (χ3v) is 4.83. The van der Waals surface area contributed by atoms with Gasteiger partial charge in [-0.2, -0.15) is 9.98 Å². The first-order valence-electron chi connectivity index (χ1n) is 6.17. The van der Waals surface area contributed by atoms with Gasteiger partial charge in [-0.05, 0) is 24.1 Å². The molecule has 0 heterocycles. The molecule has 0 spiro atoms. The van der Waals surface area contributed by atoms with E-state index in [4.69, 9.17) is 22.0 Å². The van der Waals surface area contributed by atoms with Crippen molar-refractivity contribution in [1.29, 1.82) is 5.26 Å². The molecule has 1 unspecified atom stereocenters. The van der Waals surface area contributed by atoms with E-state index in [1.165, 1.54) is 12.1 Å². The first kappa shape index (κ1) is 17.4. The van der Waals surface area contributed by atoms with E-state index in [9.17, 15) is 13.2 Å². The van der Waals surface area contributed by atoms with Crippen molar-refractivity contribution in [3.8, 4) is 6.07 Å². The van der Waals surface area contributed by atoms with Crippen LogP contribution in [0.25, 0.3) is 0 Å². The SMILES string of the molecule is CCC(C)[C@H](NS(=O)(=O)c1cc(Cl)ccc1C#N)C(=O)O. The lowest BCUT2D eigenvalue weighted by atomic mass is 10.0. The number of benzene rings is 1. The zero-order valence-electron chi connectivity index (χ0n) is 11.5. The van der Waals surface area contributed by atoms with Gasteiger partial charge in [0.05, 0.1) is 5.56 Å². The minimum atomic E-state index is -4.16. The quantitative estimate of drug-likeness (QED) is 0.829. The second kappa shape index (κ2) is 6.89. The highest BCUT2D eigenvalue weighted by molar-refractivity contribution is 7.89. The maximum absolute atomic E-state index is 12.3. The fourth-order valence-electron chi connectivity index (χ4n) is 1.69. The monoisotopic (exact) mass is 330 g/mol. The second-order valence-electron chi connectivity index (χ2n) is 4.58. The molecule has 0 aliphatic rings. The first-order valence-corrected chi connectivity index (χ1v) is 8.03. The molecule has 1 aromatic rings. The van der Waals surface area contributed by atoms with Crippen molar-refractivity contribution in [2.24, 2.45) is 5.92 Å². The number of rotatable bonds is 6. The molecule has 0 aliphatic heterocycles. The summed E-state index contributed by atoms with van der Waals surface area (Å²) in [5.74, 6) is -1.67. The first-order chi connectivity index (χ1) is 9.72. The minimum Gasteiger partial charge on any atom is -0.480 e. The number of carbonyl (C=O) groups is 1. The maximum Gasteiger partial charge on any atom is 0.322 e. The van der Waals surface area contributed by atoms with Crippen LogP contribution in [-0.2, 0) is 14.8 Å². The van der Waals surface area contributed by atoms with E-state index in [-0.39, 0.29) is 15.5 Å². The molecule has 0 saturated carbocycles. The lowest BCUT2D eigenvalue weighted by Crippen LogP contribution is -2.45. The number of nitrogens with one attached hydrogen (secondary N) is 1. The Morgan fingerprint density at radius 1 is 1.52 bits per heavy atom. The third kappa shape index (κ3) is 4.17. The van der Waals surface area contributed by atoms with Crippen LogP contribution in [0.15, 0.2) is 23.1 Å². The second-order valence-corrected chi connectivity index (χ2v) is 6.69. The fourth-order valence-corrected chi connectivity index (χ4v) is 3.40. The summed E-state index contributed by atoms with van der Waals surface area (Å²) in [4.78, 5) is 10.9. The van der Waals surface area contributed by atoms with Gasteiger partial charge in [-0.15, -0.1) is 0 Å². The molecule has 114 valence electrons. The van der Waals surface area contributed by atoms with Crippen molar-refractivity contribution in [1.82, 2.24) is 4.72 Å². The number of sulfonamides is 1. The van der Waals surface area contributed by atoms with Crippen molar-refractivity contribution in [2.45, 2.75) is 31.2 Å². The molecule has 0 aromatic heterocycles. The van der Waals surface area contributed by atoms with E-state index >= 15 is 0 Å². The molecule has 21 heavy (non-hydrogen) atoms. The highest BCUT2D eigenvalue weighted by Gasteiger charge is 2.30. The minimum absolute atomic E-state index is 0.0970. The highest BCUT2D eigenvalue weighted by Crippen LogP contribution is 2.21. The Bertz CT molecular complexity index is 682. The molecular formula is C13H15ClN2O4S. The van der Waals surface area contributed by atoms with Gasteiger partial charge in [0.1, 0.15) is 17.0 Å². The van der Waals surface area contributed by atoms with Gasteiger partial charge in [-0.3, -0.25) is 4.79 Å². The van der Waals surface area contributed by atoms with E-state index in [1.807, 2.05) is 0 Å². The summed E-state index contributed by atoms with van der Waals surface area (Å²) in [5, 5.41) is 18.3. The Hall–Kier alpha value is -1.62. The molecule has 8 heteroatoms. The van der Waals surface area contributed by atoms with E-state index in [0.29, 0.717) is 6.42 Å². The Labute approximate surface area is 128 Å². The van der Waals surface area contributed by atoms with Crippen LogP contribution in [-0.4, -0.2) is 25.5 Å². The van der Waals surface area contributed by atoms with Gasteiger partial charge < -0.3 is 5.11 Å². The summed E-state index contributed by atoms with van der Waals surface area (Å²) in [6, 6.07) is 4.26. The zero-order valence-corrected chi connectivity index (χ0v) is 13.1. The van der Waals surface area contributed by atoms with E-state index < -0.39 is 28.0 Å². The van der Waals surface area contributed by atoms with Gasteiger partial charge >= 0.3 is 5.97 Å². The van der Waals surface area contributed by atoms with Gasteiger partial charge in [-0.25, -0.2) is 8.42 Å². The Kier molecular flexibility index (Phi) is 5.72. The van der Waals surface area contributed by atoms with Gasteiger partial charge in [0.2, 0.25) is 10.0 Å². The number of carboxylic acid groups (broad SMARTS) is 1. The van der Waals surface area contributed by atoms with Crippen LogP contribution in [0.5, 0.6) is 0 Å². The molecular weight excluding hydrogens is 316 g/mol. The van der Waals surface area contributed by atoms with Crippen LogP contribution in [0.2, 0.25) is 5.02 Å². The molecule has 1 rings (SSSR count). The van der Waals surface area contributed by atoms with Crippen molar-refractivity contribution < 1.29 is 18.3 Å². The predicted octanol–water partition coefficient (Wildman–Crippen LogP) is 1.99. The average molecular weight is 331 g/mol. The van der Waals surface area contributed by atoms with Crippen LogP contribution in [0.4, 0.5) is 0 Å². The summed E-state index contributed by atoms with van der Waals surface area (Å²) in [7, 11) is -4.16. The van der Waals surface area contributed by atoms with Gasteiger partial charge in [-0.1, -0.05) is 31.9 Å². The molecule has 0 saturated heterocycles. The largest absolute Gasteiger partial charge is 0.480 e. The number of hydrogen-bond acceptors (Lipinski definition) is 4. The fraction of sp³-hybridized carbons (Fsp3) is 0.385. The van der Waals surface area contributed by atoms with Crippen LogP contribution >= 0.6 is 11.6 Å². The zero-order chi connectivity index (χ0) is 16.2.